The highest BCUT2D eigenvalue weighted by molar-refractivity contribution is 14.1. The van der Waals surface area contributed by atoms with Crippen LogP contribution in [0.25, 0.3) is 33.0 Å². The van der Waals surface area contributed by atoms with Gasteiger partial charge in [0, 0.05) is 111 Å². The number of halogens is 1. The number of Topliss-reactive ketones (excluding diaryl/α,β-unsaturated/α-hetero) is 1. The van der Waals surface area contributed by atoms with Crippen molar-refractivity contribution in [1.82, 2.24) is 31.2 Å². The summed E-state index contributed by atoms with van der Waals surface area (Å²) in [5.41, 5.74) is 5.66. The number of allylic oxidation sites excluding steroid dienone is 2. The number of amides is 9. The zero-order valence-electron chi connectivity index (χ0n) is 75.3. The summed E-state index contributed by atoms with van der Waals surface area (Å²) in [5.74, 6) is -8.85. The maximum Gasteiger partial charge on any atom is 0.312 e. The summed E-state index contributed by atoms with van der Waals surface area (Å²) >= 11 is 1.93. The lowest BCUT2D eigenvalue weighted by Crippen LogP contribution is -2.54. The number of aliphatic hydroxyl groups excluding tert-OH is 1. The van der Waals surface area contributed by atoms with Gasteiger partial charge in [-0.3, -0.25) is 52.8 Å². The predicted octanol–water partition coefficient (Wildman–Crippen LogP) is 6.03. The molecule has 5 aliphatic heterocycles. The Morgan fingerprint density at radius 3 is 1.96 bits per heavy atom. The molecule has 12 atom stereocenters. The SMILES string of the molecule is CO[C@H]1/C=C/O[C@@]2(C)Oc3c(C)c(=O)c4c(O)c(c5oc6cc(OCC[N+](C)(C)Cc7ccc(NC(=O)[C@H](CCCNC(N)=O)NC(=O)[C@@H](NC(=O)CCOCCOCCOCCOCCOCCOCCOCCOCCNC(=O)CCN8C(=O)CC(I)C8=O)C(C)C)cc7)ccc6nc5c4c3C2=O)NC(=O)/C(C)=C\C=C\[C@H](C)[C@@H]2O[C@H]([C@H](O)[C@@H]2C)[C@H](OC(C)=O)[C@@H]1C. The number of aromatic nitrogens is 1. The van der Waals surface area contributed by atoms with E-state index in [0.29, 0.717) is 121 Å². The third-order valence-corrected chi connectivity index (χ3v) is 23.2. The predicted molar refractivity (Wildman–Crippen MR) is 480 cm³/mol. The Morgan fingerprint density at radius 1 is 0.752 bits per heavy atom. The van der Waals surface area contributed by atoms with E-state index in [-0.39, 0.29) is 166 Å². The van der Waals surface area contributed by atoms with Crippen LogP contribution in [0.5, 0.6) is 17.2 Å². The second kappa shape index (κ2) is 49.9. The molecule has 708 valence electrons. The largest absolute Gasteiger partial charge is 0.505 e. The zero-order chi connectivity index (χ0) is 93.7. The number of benzene rings is 4. The van der Waals surface area contributed by atoms with Crippen LogP contribution in [0.2, 0.25) is 0 Å². The van der Waals surface area contributed by atoms with Gasteiger partial charge < -0.3 is 123 Å². The number of fused-ring (bicyclic) bond motifs is 9. The number of likely N-dealkylation sites (tertiary alicyclic amines) is 1. The van der Waals surface area contributed by atoms with Crippen molar-refractivity contribution in [3.8, 4) is 17.2 Å². The Kier molecular flexibility index (Phi) is 39.8. The van der Waals surface area contributed by atoms with Gasteiger partial charge in [0.25, 0.3) is 11.7 Å². The molecule has 2 saturated heterocycles. The number of ether oxygens (including phenoxy) is 14. The van der Waals surface area contributed by atoms with Crippen molar-refractivity contribution < 1.29 is 133 Å². The Labute approximate surface area is 762 Å². The van der Waals surface area contributed by atoms with Gasteiger partial charge >= 0.3 is 17.8 Å². The molecule has 1 unspecified atom stereocenters. The number of urea groups is 1. The molecule has 0 radical (unpaired) electrons. The van der Waals surface area contributed by atoms with Crippen LogP contribution < -0.4 is 52.5 Å². The van der Waals surface area contributed by atoms with E-state index in [2.05, 4.69) is 31.9 Å². The Morgan fingerprint density at radius 2 is 1.37 bits per heavy atom. The number of carbonyl (C=O) groups excluding carboxylic acids is 10. The Hall–Kier alpha value is -9.89. The highest BCUT2D eigenvalue weighted by atomic mass is 127. The molecule has 4 aromatic carbocycles. The number of ketones is 1. The van der Waals surface area contributed by atoms with Crippen LogP contribution in [-0.2, 0) is 102 Å². The molecule has 129 heavy (non-hydrogen) atoms. The molecule has 7 bridgehead atoms. The molecule has 0 saturated carbocycles. The molecule has 5 aliphatic rings. The zero-order valence-corrected chi connectivity index (χ0v) is 77.4. The van der Waals surface area contributed by atoms with Crippen molar-refractivity contribution in [1.29, 1.82) is 0 Å². The van der Waals surface area contributed by atoms with Gasteiger partial charge in [-0.15, -0.1) is 0 Å². The number of carbonyl (C=O) groups is 10. The molecule has 38 nitrogen and oxygen atoms in total. The number of esters is 1. The van der Waals surface area contributed by atoms with Gasteiger partial charge in [0.1, 0.15) is 72.2 Å². The molecule has 10 rings (SSSR count). The third kappa shape index (κ3) is 29.3. The lowest BCUT2D eigenvalue weighted by molar-refractivity contribution is -0.903. The van der Waals surface area contributed by atoms with Crippen molar-refractivity contribution >= 4 is 126 Å². The number of methoxy groups -OCH3 is 1. The first-order valence-corrected chi connectivity index (χ1v) is 44.6. The van der Waals surface area contributed by atoms with Gasteiger partial charge in [0.05, 0.1) is 159 Å². The fourth-order valence-corrected chi connectivity index (χ4v) is 15.7. The first kappa shape index (κ1) is 103. The molecule has 0 aliphatic carbocycles. The molecular formula is C90H124IN10O28+. The van der Waals surface area contributed by atoms with Gasteiger partial charge in [-0.25, -0.2) is 9.78 Å². The fraction of sp³-hybridized carbons (Fsp3) is 0.578. The number of nitrogens with one attached hydrogen (secondary N) is 6. The van der Waals surface area contributed by atoms with Crippen molar-refractivity contribution in [2.75, 3.05) is 170 Å². The van der Waals surface area contributed by atoms with Crippen LogP contribution in [0, 0.1) is 30.6 Å². The number of aliphatic hydroxyl groups is 1. The van der Waals surface area contributed by atoms with E-state index < -0.39 is 113 Å². The van der Waals surface area contributed by atoms with Crippen molar-refractivity contribution in [2.24, 2.45) is 29.4 Å². The van der Waals surface area contributed by atoms with Crippen molar-refractivity contribution in [2.45, 2.75) is 153 Å². The molecule has 0 spiro atoms. The van der Waals surface area contributed by atoms with E-state index >= 15 is 4.79 Å². The summed E-state index contributed by atoms with van der Waals surface area (Å²) in [5, 5.41) is 40.1. The number of anilines is 2. The summed E-state index contributed by atoms with van der Waals surface area (Å²) in [6.45, 7) is 21.5. The highest BCUT2D eigenvalue weighted by Crippen LogP contribution is 2.49. The Balaban J connectivity index is 0.704. The number of hydrogen-bond acceptors (Lipinski definition) is 29. The summed E-state index contributed by atoms with van der Waals surface area (Å²) < 4.78 is 88.0. The standard InChI is InChI=1S/C90H123IN10O28/c1-52(2)73(98-68(104)26-31-116-35-37-118-39-41-120-43-45-122-47-48-123-46-44-121-42-40-119-38-36-117-33-28-93-67(103)24-29-100-69(105)50-62(91)88(100)113)87(112)97-64(17-14-27-94-89(92)114)86(111)95-60-20-18-59(19-21-60)51-101(10,11)30-34-124-61-22-23-63-66(49-61)127-82-74(96-63)70-71-76(106)56(6)80-72(70)84(109)90(9,129-80)125-32-25-65(115-12)55(5)81(126-58(8)102)83-77(107)57(7)79(128-83)53(3)15-13-16-54(4)85(110)99-75(82)78(71)108/h13,15-16,18-23,25,32,49,52-53,55,57,62,64-65,73,77,79,81,83,107H,14,17,24,26-31,33-48,50-51H2,1-12H3,(H8-,92,93,94,95,96,97,98,99,103,104,106,108,109,110,111,112,114)/p+1/b15-13+,32-25+,54-16-/t53-,55+,57-,62?,64-,65-,73-,77+,79-,81+,83+,90-/m0/s1. The number of phenolic OH excluding ortho intramolecular Hbond substituents is 1. The van der Waals surface area contributed by atoms with Gasteiger partial charge in [0.2, 0.25) is 35.4 Å². The third-order valence-electron chi connectivity index (χ3n) is 22.2. The summed E-state index contributed by atoms with van der Waals surface area (Å²) in [6, 6.07) is 9.24. The quantitative estimate of drug-likeness (QED) is 0.00247. The highest BCUT2D eigenvalue weighted by Gasteiger charge is 2.52. The number of quaternary nitrogens is 1. The number of nitrogens with zero attached hydrogens (tertiary/aromatic N) is 3. The first-order chi connectivity index (χ1) is 61.6. The normalized spacial score (nSPS) is 22.1. The van der Waals surface area contributed by atoms with E-state index in [9.17, 15) is 58.2 Å². The average Bonchev–Trinajstić information content (AvgIpc) is 1.62. The van der Waals surface area contributed by atoms with Crippen LogP contribution >= 0.6 is 22.6 Å². The van der Waals surface area contributed by atoms with Gasteiger partial charge in [-0.1, -0.05) is 87.6 Å². The van der Waals surface area contributed by atoms with Crippen molar-refractivity contribution in [3.63, 3.8) is 0 Å². The number of rotatable bonds is 48. The number of likely N-dealkylation sites (N-methyl/N-ethyl adjacent to an activating group) is 1. The monoisotopic (exact) mass is 1920 g/mol. The number of primary amides is 1. The fourth-order valence-electron chi connectivity index (χ4n) is 15.0. The van der Waals surface area contributed by atoms with E-state index in [1.165, 1.54) is 40.2 Å². The molecule has 9 amide bonds. The molecule has 39 heteroatoms. The minimum absolute atomic E-state index is 0.0458. The lowest BCUT2D eigenvalue weighted by atomic mass is 9.86. The molecular weight excluding hydrogens is 1800 g/mol. The van der Waals surface area contributed by atoms with Crippen LogP contribution in [-0.4, -0.2) is 296 Å². The maximum absolute atomic E-state index is 15.1. The molecule has 2 fully saturated rings. The minimum Gasteiger partial charge on any atom is -0.505 e. The molecule has 5 aromatic rings. The second-order valence-electron chi connectivity index (χ2n) is 33.0. The number of nitrogens with two attached hydrogens (primary N) is 1. The smallest absolute Gasteiger partial charge is 0.312 e. The lowest BCUT2D eigenvalue weighted by Gasteiger charge is -2.33. The summed E-state index contributed by atoms with van der Waals surface area (Å²) in [6.07, 6.45) is 3.76. The molecule has 1 aromatic heterocycles. The first-order valence-electron chi connectivity index (χ1n) is 43.3. The number of alkyl halides is 1. The van der Waals surface area contributed by atoms with Crippen LogP contribution in [0.1, 0.15) is 109 Å². The van der Waals surface area contributed by atoms with Gasteiger partial charge in [0.15, 0.2) is 22.3 Å². The van der Waals surface area contributed by atoms with Crippen LogP contribution in [0.4, 0.5) is 16.2 Å². The van der Waals surface area contributed by atoms with Gasteiger partial charge in [-0.2, -0.15) is 0 Å². The maximum atomic E-state index is 15.1. The van der Waals surface area contributed by atoms with Crippen molar-refractivity contribution in [3.05, 3.63) is 106 Å². The second-order valence-corrected chi connectivity index (χ2v) is 34.5. The Bertz CT molecular complexity index is 4870. The average molecular weight is 1920 g/mol. The minimum atomic E-state index is -2.12. The number of hydrogen-bond donors (Lipinski definition) is 9. The van der Waals surface area contributed by atoms with Crippen LogP contribution in [0.15, 0.2) is 87.8 Å². The topological polar surface area (TPSA) is 485 Å². The van der Waals surface area contributed by atoms with E-state index in [0.717, 1.165) is 10.5 Å². The number of aromatic hydroxyl groups is 1. The molecule has 10 N–H and O–H groups in total. The van der Waals surface area contributed by atoms with E-state index in [1.807, 2.05) is 62.7 Å². The van der Waals surface area contributed by atoms with Crippen LogP contribution in [0.3, 0.4) is 0 Å². The van der Waals surface area contributed by atoms with E-state index in [4.69, 9.17) is 81.5 Å². The summed E-state index contributed by atoms with van der Waals surface area (Å²) in [7, 11) is 5.46. The number of imide groups is 1. The van der Waals surface area contributed by atoms with Gasteiger partial charge in [-0.05, 0) is 62.9 Å². The summed E-state index contributed by atoms with van der Waals surface area (Å²) in [4.78, 5) is 151. The number of phenols is 1. The molecule has 6 heterocycles. The van der Waals surface area contributed by atoms with E-state index in [1.54, 1.807) is 76.3 Å².